The van der Waals surface area contributed by atoms with Gasteiger partial charge >= 0.3 is 5.97 Å². The zero-order valence-electron chi connectivity index (χ0n) is 20.4. The molecule has 1 atom stereocenters. The molecule has 0 N–H and O–H groups in total. The summed E-state index contributed by atoms with van der Waals surface area (Å²) in [7, 11) is 2.96. The number of fused-ring (bicyclic) bond motifs is 1. The normalized spacial score (nSPS) is 14.8. The van der Waals surface area contributed by atoms with Crippen molar-refractivity contribution in [3.63, 3.8) is 0 Å². The van der Waals surface area contributed by atoms with Crippen LogP contribution < -0.4 is 19.1 Å². The summed E-state index contributed by atoms with van der Waals surface area (Å²) in [5.41, 5.74) is 3.87. The molecule has 3 aromatic carbocycles. The van der Waals surface area contributed by atoms with Gasteiger partial charge in [0.1, 0.15) is 5.75 Å². The van der Waals surface area contributed by atoms with E-state index in [1.165, 1.54) is 7.11 Å². The molecule has 4 rings (SSSR count). The average Bonchev–Trinajstić information content (AvgIpc) is 2.88. The van der Waals surface area contributed by atoms with Crippen LogP contribution in [0.3, 0.4) is 0 Å². The van der Waals surface area contributed by atoms with Crippen molar-refractivity contribution < 1.29 is 28.5 Å². The lowest BCUT2D eigenvalue weighted by Crippen LogP contribution is -2.41. The highest BCUT2D eigenvalue weighted by atomic mass is 16.5. The number of ether oxygens (including phenoxy) is 4. The minimum atomic E-state index is -0.429. The number of hydrogen-bond donors (Lipinski definition) is 0. The summed E-state index contributed by atoms with van der Waals surface area (Å²) in [4.78, 5) is 27.3. The second-order valence-electron chi connectivity index (χ2n) is 8.02. The first-order valence-electron chi connectivity index (χ1n) is 11.6. The van der Waals surface area contributed by atoms with Crippen LogP contribution in [0.15, 0.2) is 60.7 Å². The quantitative estimate of drug-likeness (QED) is 0.429. The van der Waals surface area contributed by atoms with Crippen LogP contribution in [0, 0.1) is 0 Å². The van der Waals surface area contributed by atoms with Gasteiger partial charge in [0.2, 0.25) is 5.91 Å². The topological polar surface area (TPSA) is 74.3 Å². The third kappa shape index (κ3) is 4.80. The van der Waals surface area contributed by atoms with E-state index in [1.807, 2.05) is 62.4 Å². The van der Waals surface area contributed by atoms with Gasteiger partial charge in [0.05, 0.1) is 45.5 Å². The number of carbonyl (C=O) groups is 2. The largest absolute Gasteiger partial charge is 0.497 e. The molecule has 1 amide bonds. The highest BCUT2D eigenvalue weighted by Gasteiger charge is 2.36. The summed E-state index contributed by atoms with van der Waals surface area (Å²) >= 11 is 0. The summed E-state index contributed by atoms with van der Waals surface area (Å²) in [6.45, 7) is 4.81. The Kier molecular flexibility index (Phi) is 7.25. The number of nitrogens with zero attached hydrogens (tertiary/aromatic N) is 1. The van der Waals surface area contributed by atoms with Crippen molar-refractivity contribution in [3.05, 3.63) is 82.9 Å². The van der Waals surface area contributed by atoms with Crippen LogP contribution in [0.2, 0.25) is 0 Å². The maximum absolute atomic E-state index is 13.5. The lowest BCUT2D eigenvalue weighted by molar-refractivity contribution is -0.118. The molecule has 0 fully saturated rings. The van der Waals surface area contributed by atoms with Gasteiger partial charge in [-0.05, 0) is 79.1 Å². The van der Waals surface area contributed by atoms with Crippen molar-refractivity contribution in [1.82, 2.24) is 0 Å². The van der Waals surface area contributed by atoms with Gasteiger partial charge in [0, 0.05) is 5.69 Å². The third-order valence-electron chi connectivity index (χ3n) is 5.97. The molecule has 0 aliphatic carbocycles. The molecule has 0 bridgehead atoms. The summed E-state index contributed by atoms with van der Waals surface area (Å²) < 4.78 is 21.8. The number of amides is 1. The van der Waals surface area contributed by atoms with Crippen LogP contribution in [0.1, 0.15) is 46.9 Å². The molecule has 0 radical (unpaired) electrons. The maximum atomic E-state index is 13.5. The molecule has 1 aliphatic rings. The lowest BCUT2D eigenvalue weighted by Gasteiger charge is -2.38. The standard InChI is InChI=1S/C28H29NO6/c1-5-34-24-15-20-16-26(30)29(21-11-13-22(32-3)14-12-21)27(23(20)17-25(24)35-6-2)18-7-9-19(10-8-18)28(31)33-4/h7-15,17,27H,5-6,16H2,1-4H3/t27-/m1/s1. The number of anilines is 1. The first kappa shape index (κ1) is 24.1. The monoisotopic (exact) mass is 475 g/mol. The molecule has 182 valence electrons. The number of rotatable bonds is 8. The predicted molar refractivity (Wildman–Crippen MR) is 133 cm³/mol. The minimum Gasteiger partial charge on any atom is -0.497 e. The molecule has 7 heteroatoms. The molecule has 1 aliphatic heterocycles. The molecular formula is C28H29NO6. The molecular weight excluding hydrogens is 446 g/mol. The van der Waals surface area contributed by atoms with Crippen LogP contribution in [0.25, 0.3) is 0 Å². The Bertz CT molecular complexity index is 1200. The van der Waals surface area contributed by atoms with E-state index < -0.39 is 12.0 Å². The van der Waals surface area contributed by atoms with E-state index in [0.717, 1.165) is 22.4 Å². The Hall–Kier alpha value is -4.00. The molecule has 3 aromatic rings. The van der Waals surface area contributed by atoms with E-state index in [-0.39, 0.29) is 12.3 Å². The predicted octanol–water partition coefficient (Wildman–Crippen LogP) is 4.96. The molecule has 0 spiro atoms. The van der Waals surface area contributed by atoms with Crippen molar-refractivity contribution in [2.45, 2.75) is 26.3 Å². The fourth-order valence-electron chi connectivity index (χ4n) is 4.38. The van der Waals surface area contributed by atoms with Crippen molar-refractivity contribution >= 4 is 17.6 Å². The highest BCUT2D eigenvalue weighted by molar-refractivity contribution is 5.98. The maximum Gasteiger partial charge on any atom is 0.337 e. The van der Waals surface area contributed by atoms with Crippen molar-refractivity contribution in [1.29, 1.82) is 0 Å². The highest BCUT2D eigenvalue weighted by Crippen LogP contribution is 2.43. The van der Waals surface area contributed by atoms with E-state index in [4.69, 9.17) is 18.9 Å². The van der Waals surface area contributed by atoms with E-state index in [0.29, 0.717) is 36.0 Å². The van der Waals surface area contributed by atoms with E-state index in [1.54, 1.807) is 24.1 Å². The Morgan fingerprint density at radius 3 is 2.11 bits per heavy atom. The molecule has 7 nitrogen and oxygen atoms in total. The van der Waals surface area contributed by atoms with Crippen LogP contribution in [0.4, 0.5) is 5.69 Å². The lowest BCUT2D eigenvalue weighted by atomic mass is 9.86. The number of esters is 1. The van der Waals surface area contributed by atoms with Gasteiger partial charge in [0.25, 0.3) is 0 Å². The summed E-state index contributed by atoms with van der Waals surface area (Å²) in [5.74, 6) is 1.50. The number of methoxy groups -OCH3 is 2. The zero-order valence-corrected chi connectivity index (χ0v) is 20.4. The van der Waals surface area contributed by atoms with E-state index >= 15 is 0 Å². The Morgan fingerprint density at radius 1 is 0.914 bits per heavy atom. The van der Waals surface area contributed by atoms with Crippen LogP contribution in [-0.4, -0.2) is 39.3 Å². The Morgan fingerprint density at radius 2 is 1.54 bits per heavy atom. The molecule has 1 heterocycles. The third-order valence-corrected chi connectivity index (χ3v) is 5.97. The first-order chi connectivity index (χ1) is 17.0. The van der Waals surface area contributed by atoms with Gasteiger partial charge in [-0.1, -0.05) is 12.1 Å². The zero-order chi connectivity index (χ0) is 24.9. The minimum absolute atomic E-state index is 0.0451. The van der Waals surface area contributed by atoms with Gasteiger partial charge in [-0.25, -0.2) is 4.79 Å². The van der Waals surface area contributed by atoms with Gasteiger partial charge in [-0.15, -0.1) is 0 Å². The smallest absolute Gasteiger partial charge is 0.337 e. The summed E-state index contributed by atoms with van der Waals surface area (Å²) in [6, 6.07) is 18.0. The van der Waals surface area contributed by atoms with Crippen molar-refractivity contribution in [2.24, 2.45) is 0 Å². The van der Waals surface area contributed by atoms with Crippen molar-refractivity contribution in [3.8, 4) is 17.2 Å². The number of benzene rings is 3. The fraction of sp³-hybridized carbons (Fsp3) is 0.286. The molecule has 35 heavy (non-hydrogen) atoms. The van der Waals surface area contributed by atoms with Crippen LogP contribution in [0.5, 0.6) is 17.2 Å². The van der Waals surface area contributed by atoms with E-state index in [2.05, 4.69) is 0 Å². The summed E-state index contributed by atoms with van der Waals surface area (Å²) in [6.07, 6.45) is 0.227. The van der Waals surface area contributed by atoms with Gasteiger partial charge in [-0.3, -0.25) is 4.79 Å². The van der Waals surface area contributed by atoms with E-state index in [9.17, 15) is 9.59 Å². The number of carbonyl (C=O) groups excluding carboxylic acids is 2. The molecule has 0 unspecified atom stereocenters. The average molecular weight is 476 g/mol. The fourth-order valence-corrected chi connectivity index (χ4v) is 4.38. The van der Waals surface area contributed by atoms with Crippen molar-refractivity contribution in [2.75, 3.05) is 32.3 Å². The van der Waals surface area contributed by atoms with Gasteiger partial charge in [0.15, 0.2) is 11.5 Å². The van der Waals surface area contributed by atoms with Crippen LogP contribution >= 0.6 is 0 Å². The van der Waals surface area contributed by atoms with Gasteiger partial charge in [-0.2, -0.15) is 0 Å². The Labute approximate surface area is 205 Å². The second kappa shape index (κ2) is 10.5. The molecule has 0 saturated heterocycles. The number of hydrogen-bond acceptors (Lipinski definition) is 6. The van der Waals surface area contributed by atoms with Crippen LogP contribution in [-0.2, 0) is 16.0 Å². The second-order valence-corrected chi connectivity index (χ2v) is 8.02. The Balaban J connectivity index is 1.88. The van der Waals surface area contributed by atoms with Gasteiger partial charge < -0.3 is 23.8 Å². The summed E-state index contributed by atoms with van der Waals surface area (Å²) in [5, 5.41) is 0. The first-order valence-corrected chi connectivity index (χ1v) is 11.6. The molecule has 0 aromatic heterocycles. The SMILES string of the molecule is CCOc1cc2c(cc1OCC)[C@@H](c1ccc(C(=O)OC)cc1)N(c1ccc(OC)cc1)C(=O)C2. The molecule has 0 saturated carbocycles.